The molecule has 0 spiro atoms. The molecule has 1 atom stereocenters. The van der Waals surface area contributed by atoms with Gasteiger partial charge in [-0.1, -0.05) is 0 Å². The highest BCUT2D eigenvalue weighted by Gasteiger charge is 2.21. The predicted molar refractivity (Wildman–Crippen MR) is 99.9 cm³/mol. The van der Waals surface area contributed by atoms with E-state index in [1.165, 1.54) is 36.4 Å². The summed E-state index contributed by atoms with van der Waals surface area (Å²) in [5.41, 5.74) is -0.614. The van der Waals surface area contributed by atoms with Crippen LogP contribution in [0.5, 0.6) is 23.0 Å². The molecule has 2 aromatic carbocycles. The molecule has 1 aromatic heterocycles. The number of hydrogen-bond acceptors (Lipinski definition) is 8. The summed E-state index contributed by atoms with van der Waals surface area (Å²) < 4.78 is 27.1. The van der Waals surface area contributed by atoms with Crippen molar-refractivity contribution in [3.8, 4) is 34.3 Å². The highest BCUT2D eigenvalue weighted by Crippen LogP contribution is 2.42. The average Bonchev–Trinajstić information content (AvgIpc) is 2.62. The van der Waals surface area contributed by atoms with Gasteiger partial charge in [0.1, 0.15) is 22.8 Å². The quantitative estimate of drug-likeness (QED) is 0.452. The van der Waals surface area contributed by atoms with Gasteiger partial charge in [0.15, 0.2) is 12.1 Å². The van der Waals surface area contributed by atoms with Gasteiger partial charge in [-0.3, -0.25) is 9.36 Å². The normalized spacial score (nSPS) is 13.4. The third-order valence-corrected chi connectivity index (χ3v) is 4.85. The summed E-state index contributed by atoms with van der Waals surface area (Å²) in [6.45, 7) is 1.57. The van der Waals surface area contributed by atoms with Crippen LogP contribution in [0.4, 0.5) is 0 Å². The molecule has 148 valence electrons. The van der Waals surface area contributed by atoms with E-state index in [0.29, 0.717) is 0 Å². The lowest BCUT2D eigenvalue weighted by Gasteiger charge is -2.13. The number of fused-ring (bicyclic) bond motifs is 1. The first-order chi connectivity index (χ1) is 13.2. The van der Waals surface area contributed by atoms with Gasteiger partial charge in [-0.25, -0.2) is 0 Å². The molecule has 9 nitrogen and oxygen atoms in total. The van der Waals surface area contributed by atoms with E-state index in [2.05, 4.69) is 0 Å². The smallest absolute Gasteiger partial charge is 0.365 e. The van der Waals surface area contributed by atoms with Crippen LogP contribution in [-0.2, 0) is 9.09 Å². The van der Waals surface area contributed by atoms with E-state index in [4.69, 9.17) is 13.7 Å². The van der Waals surface area contributed by atoms with Gasteiger partial charge in [0.05, 0.1) is 12.0 Å². The van der Waals surface area contributed by atoms with E-state index >= 15 is 0 Å². The van der Waals surface area contributed by atoms with E-state index in [-0.39, 0.29) is 46.1 Å². The Bertz CT molecular complexity index is 1140. The summed E-state index contributed by atoms with van der Waals surface area (Å²) >= 11 is 0. The van der Waals surface area contributed by atoms with Crippen LogP contribution >= 0.6 is 7.60 Å². The average molecular weight is 408 g/mol. The zero-order valence-corrected chi connectivity index (χ0v) is 15.6. The number of aromatic hydroxyl groups is 3. The van der Waals surface area contributed by atoms with Gasteiger partial charge in [0, 0.05) is 17.7 Å². The van der Waals surface area contributed by atoms with Gasteiger partial charge < -0.3 is 33.9 Å². The molecule has 0 saturated carbocycles. The first-order valence-corrected chi connectivity index (χ1v) is 9.89. The summed E-state index contributed by atoms with van der Waals surface area (Å²) in [5, 5.41) is 29.8. The van der Waals surface area contributed by atoms with E-state index in [0.717, 1.165) is 0 Å². The second-order valence-electron chi connectivity index (χ2n) is 5.83. The monoisotopic (exact) mass is 408 g/mol. The second-order valence-corrected chi connectivity index (χ2v) is 7.62. The van der Waals surface area contributed by atoms with E-state index in [9.17, 15) is 29.6 Å². The van der Waals surface area contributed by atoms with Gasteiger partial charge in [-0.2, -0.15) is 0 Å². The molecule has 0 fully saturated rings. The molecule has 3 aromatic rings. The Kier molecular flexibility index (Phi) is 5.33. The molecule has 0 aliphatic heterocycles. The van der Waals surface area contributed by atoms with Crippen LogP contribution < -0.4 is 10.2 Å². The second kappa shape index (κ2) is 7.55. The number of benzene rings is 2. The minimum atomic E-state index is -3.97. The third-order valence-electron chi connectivity index (χ3n) is 3.73. The predicted octanol–water partition coefficient (Wildman–Crippen LogP) is 3.14. The summed E-state index contributed by atoms with van der Waals surface area (Å²) in [5.74, 6) is -1.41. The summed E-state index contributed by atoms with van der Waals surface area (Å²) in [6, 6.07) is 7.49. The Balaban J connectivity index is 2.04. The molecule has 0 aliphatic carbocycles. The maximum absolute atomic E-state index is 12.4. The lowest BCUT2D eigenvalue weighted by atomic mass is 10.1. The van der Waals surface area contributed by atoms with Crippen LogP contribution in [0.1, 0.15) is 6.92 Å². The largest absolute Gasteiger partial charge is 0.508 e. The van der Waals surface area contributed by atoms with Crippen LogP contribution in [0.15, 0.2) is 45.6 Å². The Morgan fingerprint density at radius 3 is 2.54 bits per heavy atom. The standard InChI is InChI=1S/C18H17O9P/c1-2-26-28(23,24)9-25-13-6-10(5-12(20)7-13)18-17(22)16(21)14-4-3-11(19)8-15(14)27-18/h3-8,19-20,22H,2,9H2,1H3,(H,23,24). The highest BCUT2D eigenvalue weighted by molar-refractivity contribution is 7.52. The van der Waals surface area contributed by atoms with Crippen molar-refractivity contribution in [3.63, 3.8) is 0 Å². The topological polar surface area (TPSA) is 147 Å². The van der Waals surface area contributed by atoms with Crippen molar-refractivity contribution in [2.24, 2.45) is 0 Å². The molecule has 3 rings (SSSR count). The molecule has 4 N–H and O–H groups in total. The van der Waals surface area contributed by atoms with Crippen LogP contribution in [0.25, 0.3) is 22.3 Å². The van der Waals surface area contributed by atoms with Gasteiger partial charge in [-0.15, -0.1) is 0 Å². The summed E-state index contributed by atoms with van der Waals surface area (Å²) in [4.78, 5) is 21.9. The van der Waals surface area contributed by atoms with Gasteiger partial charge in [0.2, 0.25) is 11.2 Å². The van der Waals surface area contributed by atoms with Crippen molar-refractivity contribution in [2.45, 2.75) is 6.92 Å². The molecular formula is C18H17O9P. The molecule has 0 amide bonds. The van der Waals surface area contributed by atoms with Crippen molar-refractivity contribution in [3.05, 3.63) is 46.6 Å². The highest BCUT2D eigenvalue weighted by atomic mass is 31.2. The molecular weight excluding hydrogens is 391 g/mol. The number of ether oxygens (including phenoxy) is 1. The van der Waals surface area contributed by atoms with Crippen molar-refractivity contribution < 1.29 is 38.5 Å². The molecule has 1 unspecified atom stereocenters. The number of hydrogen-bond donors (Lipinski definition) is 4. The van der Waals surface area contributed by atoms with E-state index in [1.54, 1.807) is 6.92 Å². The van der Waals surface area contributed by atoms with Crippen LogP contribution in [0.2, 0.25) is 0 Å². The summed E-state index contributed by atoms with van der Waals surface area (Å²) in [6.07, 6.45) is -0.661. The SMILES string of the molecule is CCOP(=O)(O)COc1cc(O)cc(-c2oc3cc(O)ccc3c(=O)c2O)c1. The fraction of sp³-hybridized carbons (Fsp3) is 0.167. The molecule has 0 radical (unpaired) electrons. The first-order valence-electron chi connectivity index (χ1n) is 8.12. The Labute approximate surface area is 158 Å². The first kappa shape index (κ1) is 19.8. The molecule has 28 heavy (non-hydrogen) atoms. The maximum Gasteiger partial charge on any atom is 0.365 e. The lowest BCUT2D eigenvalue weighted by molar-refractivity contribution is 0.240. The minimum Gasteiger partial charge on any atom is -0.508 e. The Hall–Kier alpha value is -3.00. The zero-order chi connectivity index (χ0) is 20.5. The van der Waals surface area contributed by atoms with Crippen molar-refractivity contribution in [1.82, 2.24) is 0 Å². The molecule has 0 aliphatic rings. The number of phenolic OH excluding ortho intramolecular Hbond substituents is 2. The van der Waals surface area contributed by atoms with E-state index < -0.39 is 25.1 Å². The number of rotatable bonds is 6. The molecule has 0 saturated heterocycles. The van der Waals surface area contributed by atoms with Crippen LogP contribution in [0.3, 0.4) is 0 Å². The van der Waals surface area contributed by atoms with Gasteiger partial charge in [0.25, 0.3) is 0 Å². The van der Waals surface area contributed by atoms with Gasteiger partial charge in [-0.05, 0) is 31.2 Å². The zero-order valence-electron chi connectivity index (χ0n) is 14.7. The van der Waals surface area contributed by atoms with Crippen LogP contribution in [-0.4, -0.2) is 33.2 Å². The van der Waals surface area contributed by atoms with Crippen molar-refractivity contribution in [2.75, 3.05) is 13.0 Å². The van der Waals surface area contributed by atoms with Crippen molar-refractivity contribution >= 4 is 18.6 Å². The van der Waals surface area contributed by atoms with Crippen molar-refractivity contribution in [1.29, 1.82) is 0 Å². The fourth-order valence-electron chi connectivity index (χ4n) is 2.56. The third kappa shape index (κ3) is 4.12. The van der Waals surface area contributed by atoms with Crippen LogP contribution in [0, 0.1) is 0 Å². The molecule has 1 heterocycles. The minimum absolute atomic E-state index is 0.0120. The molecule has 0 bridgehead atoms. The Morgan fingerprint density at radius 1 is 1.07 bits per heavy atom. The Morgan fingerprint density at radius 2 is 1.82 bits per heavy atom. The lowest BCUT2D eigenvalue weighted by Crippen LogP contribution is -2.03. The molecule has 10 heteroatoms. The van der Waals surface area contributed by atoms with E-state index in [1.807, 2.05) is 0 Å². The van der Waals surface area contributed by atoms with Gasteiger partial charge >= 0.3 is 7.60 Å². The fourth-order valence-corrected chi connectivity index (χ4v) is 3.35. The number of phenols is 2. The summed E-state index contributed by atoms with van der Waals surface area (Å²) in [7, 11) is -3.97. The maximum atomic E-state index is 12.4.